The Hall–Kier alpha value is -0.810. The Bertz CT molecular complexity index is 384. The van der Waals surface area contributed by atoms with Crippen LogP contribution in [0.3, 0.4) is 0 Å². The van der Waals surface area contributed by atoms with Crippen LogP contribution in [0.15, 0.2) is 0 Å². The molecule has 2 N–H and O–H groups in total. The SMILES string of the molecule is CC(C)(C)OC(=O)N1CCNCC1C(C)(C)C1CCNCC1. The van der Waals surface area contributed by atoms with Crippen LogP contribution in [-0.4, -0.2) is 55.4 Å². The lowest BCUT2D eigenvalue weighted by Gasteiger charge is -2.49. The van der Waals surface area contributed by atoms with Crippen LogP contribution in [0.25, 0.3) is 0 Å². The van der Waals surface area contributed by atoms with E-state index in [0.717, 1.165) is 32.7 Å². The van der Waals surface area contributed by atoms with Crippen LogP contribution in [0.5, 0.6) is 0 Å². The van der Waals surface area contributed by atoms with Crippen molar-refractivity contribution in [1.29, 1.82) is 0 Å². The molecular weight excluding hydrogens is 278 g/mol. The molecule has 5 heteroatoms. The molecule has 0 aromatic heterocycles. The van der Waals surface area contributed by atoms with Gasteiger partial charge < -0.3 is 20.3 Å². The minimum Gasteiger partial charge on any atom is -0.444 e. The van der Waals surface area contributed by atoms with Crippen LogP contribution in [0.1, 0.15) is 47.5 Å². The molecule has 128 valence electrons. The van der Waals surface area contributed by atoms with Crippen molar-refractivity contribution in [3.63, 3.8) is 0 Å². The number of ether oxygens (including phenoxy) is 1. The number of carbonyl (C=O) groups excluding carboxylic acids is 1. The molecule has 2 aliphatic rings. The van der Waals surface area contributed by atoms with Crippen molar-refractivity contribution >= 4 is 6.09 Å². The van der Waals surface area contributed by atoms with Gasteiger partial charge >= 0.3 is 6.09 Å². The summed E-state index contributed by atoms with van der Waals surface area (Å²) in [4.78, 5) is 14.6. The van der Waals surface area contributed by atoms with Gasteiger partial charge in [0.05, 0.1) is 6.04 Å². The molecule has 2 saturated heterocycles. The third-order valence-electron chi connectivity index (χ3n) is 5.12. The van der Waals surface area contributed by atoms with E-state index in [4.69, 9.17) is 4.74 Å². The molecule has 5 nitrogen and oxygen atoms in total. The molecule has 0 aromatic rings. The van der Waals surface area contributed by atoms with Gasteiger partial charge in [0.1, 0.15) is 5.60 Å². The minimum absolute atomic E-state index is 0.0897. The highest BCUT2D eigenvalue weighted by Gasteiger charge is 2.44. The number of nitrogens with one attached hydrogen (secondary N) is 2. The molecule has 0 radical (unpaired) electrons. The molecule has 0 aromatic carbocycles. The maximum Gasteiger partial charge on any atom is 0.410 e. The predicted octanol–water partition coefficient (Wildman–Crippen LogP) is 2.22. The Kier molecular flexibility index (Phi) is 5.38. The minimum atomic E-state index is -0.439. The maximum atomic E-state index is 12.6. The summed E-state index contributed by atoms with van der Waals surface area (Å²) < 4.78 is 5.64. The van der Waals surface area contributed by atoms with Gasteiger partial charge in [-0.25, -0.2) is 4.79 Å². The molecule has 1 unspecified atom stereocenters. The van der Waals surface area contributed by atoms with Gasteiger partial charge in [-0.1, -0.05) is 13.8 Å². The van der Waals surface area contributed by atoms with Gasteiger partial charge in [0, 0.05) is 19.6 Å². The Morgan fingerprint density at radius 3 is 2.27 bits per heavy atom. The van der Waals surface area contributed by atoms with Gasteiger partial charge in [-0.2, -0.15) is 0 Å². The van der Waals surface area contributed by atoms with E-state index in [1.165, 1.54) is 12.8 Å². The van der Waals surface area contributed by atoms with Gasteiger partial charge in [0.25, 0.3) is 0 Å². The van der Waals surface area contributed by atoms with Crippen molar-refractivity contribution in [2.75, 3.05) is 32.7 Å². The standard InChI is InChI=1S/C17H33N3O2/c1-16(2,3)22-15(21)20-11-10-19-12-14(20)17(4,5)13-6-8-18-9-7-13/h13-14,18-19H,6-12H2,1-5H3. The third-order valence-corrected chi connectivity index (χ3v) is 5.12. The first kappa shape index (κ1) is 17.5. The number of hydrogen-bond donors (Lipinski definition) is 2. The van der Waals surface area contributed by atoms with Crippen molar-refractivity contribution in [3.05, 3.63) is 0 Å². The second kappa shape index (κ2) is 6.75. The lowest BCUT2D eigenvalue weighted by atomic mass is 9.68. The number of amides is 1. The molecule has 0 spiro atoms. The van der Waals surface area contributed by atoms with Crippen LogP contribution < -0.4 is 10.6 Å². The van der Waals surface area contributed by atoms with E-state index in [-0.39, 0.29) is 17.6 Å². The zero-order valence-electron chi connectivity index (χ0n) is 14.9. The van der Waals surface area contributed by atoms with E-state index in [0.29, 0.717) is 5.92 Å². The fraction of sp³-hybridized carbons (Fsp3) is 0.941. The number of piperazine rings is 1. The summed E-state index contributed by atoms with van der Waals surface area (Å²) in [5.41, 5.74) is -0.349. The molecule has 0 saturated carbocycles. The molecule has 0 bridgehead atoms. The average molecular weight is 311 g/mol. The van der Waals surface area contributed by atoms with E-state index >= 15 is 0 Å². The summed E-state index contributed by atoms with van der Waals surface area (Å²) in [6, 6.07) is 0.194. The van der Waals surface area contributed by atoms with E-state index in [2.05, 4.69) is 24.5 Å². The Morgan fingerprint density at radius 2 is 1.68 bits per heavy atom. The van der Waals surface area contributed by atoms with Crippen LogP contribution in [0.4, 0.5) is 4.79 Å². The summed E-state index contributed by atoms with van der Waals surface area (Å²) in [5, 5.41) is 6.90. The fourth-order valence-corrected chi connectivity index (χ4v) is 3.75. The molecule has 2 aliphatic heterocycles. The number of carbonyl (C=O) groups is 1. The maximum absolute atomic E-state index is 12.6. The normalized spacial score (nSPS) is 25.1. The van der Waals surface area contributed by atoms with Crippen molar-refractivity contribution in [2.24, 2.45) is 11.3 Å². The molecule has 0 aliphatic carbocycles. The monoisotopic (exact) mass is 311 g/mol. The van der Waals surface area contributed by atoms with Crippen LogP contribution in [0.2, 0.25) is 0 Å². The van der Waals surface area contributed by atoms with E-state index in [9.17, 15) is 4.79 Å². The third kappa shape index (κ3) is 4.13. The lowest BCUT2D eigenvalue weighted by molar-refractivity contribution is -0.0220. The van der Waals surface area contributed by atoms with E-state index < -0.39 is 5.60 Å². The molecule has 1 atom stereocenters. The quantitative estimate of drug-likeness (QED) is 0.821. The predicted molar refractivity (Wildman–Crippen MR) is 89.0 cm³/mol. The molecule has 2 heterocycles. The highest BCUT2D eigenvalue weighted by Crippen LogP contribution is 2.39. The van der Waals surface area contributed by atoms with Gasteiger partial charge in [-0.3, -0.25) is 0 Å². The van der Waals surface area contributed by atoms with E-state index in [1.807, 2.05) is 25.7 Å². The molecular formula is C17H33N3O2. The van der Waals surface area contributed by atoms with Crippen molar-refractivity contribution < 1.29 is 9.53 Å². The first-order valence-corrected chi connectivity index (χ1v) is 8.63. The van der Waals surface area contributed by atoms with Crippen LogP contribution in [-0.2, 0) is 4.74 Å². The summed E-state index contributed by atoms with van der Waals surface area (Å²) in [7, 11) is 0. The molecule has 22 heavy (non-hydrogen) atoms. The second-order valence-electron chi connectivity index (χ2n) is 8.24. The largest absolute Gasteiger partial charge is 0.444 e. The number of rotatable bonds is 2. The topological polar surface area (TPSA) is 53.6 Å². The molecule has 2 rings (SSSR count). The van der Waals surface area contributed by atoms with Gasteiger partial charge in [0.2, 0.25) is 0 Å². The molecule has 2 fully saturated rings. The van der Waals surface area contributed by atoms with Gasteiger partial charge in [0.15, 0.2) is 0 Å². The van der Waals surface area contributed by atoms with Crippen molar-refractivity contribution in [3.8, 4) is 0 Å². The lowest BCUT2D eigenvalue weighted by Crippen LogP contribution is -2.61. The molecule has 1 amide bonds. The van der Waals surface area contributed by atoms with Crippen LogP contribution in [0, 0.1) is 11.3 Å². The fourth-order valence-electron chi connectivity index (χ4n) is 3.75. The number of hydrogen-bond acceptors (Lipinski definition) is 4. The van der Waals surface area contributed by atoms with Crippen molar-refractivity contribution in [2.45, 2.75) is 59.1 Å². The Morgan fingerprint density at radius 1 is 1.05 bits per heavy atom. The van der Waals surface area contributed by atoms with E-state index in [1.54, 1.807) is 0 Å². The zero-order valence-corrected chi connectivity index (χ0v) is 14.9. The summed E-state index contributed by atoms with van der Waals surface area (Å²) in [6.45, 7) is 15.0. The summed E-state index contributed by atoms with van der Waals surface area (Å²) in [6.07, 6.45) is 2.21. The van der Waals surface area contributed by atoms with Gasteiger partial charge in [-0.15, -0.1) is 0 Å². The Balaban J connectivity index is 2.12. The Labute approximate surface area is 135 Å². The number of piperidine rings is 1. The van der Waals surface area contributed by atoms with Crippen LogP contribution >= 0.6 is 0 Å². The highest BCUT2D eigenvalue weighted by molar-refractivity contribution is 5.69. The number of nitrogens with zero attached hydrogens (tertiary/aromatic N) is 1. The average Bonchev–Trinajstić information content (AvgIpc) is 2.46. The van der Waals surface area contributed by atoms with Crippen molar-refractivity contribution in [1.82, 2.24) is 15.5 Å². The zero-order chi connectivity index (χ0) is 16.4. The second-order valence-corrected chi connectivity index (χ2v) is 8.24. The first-order valence-electron chi connectivity index (χ1n) is 8.63. The summed E-state index contributed by atoms with van der Waals surface area (Å²) >= 11 is 0. The first-order chi connectivity index (χ1) is 10.2. The smallest absolute Gasteiger partial charge is 0.410 e. The highest BCUT2D eigenvalue weighted by atomic mass is 16.6. The summed E-state index contributed by atoms with van der Waals surface area (Å²) in [5.74, 6) is 0.642. The van der Waals surface area contributed by atoms with Gasteiger partial charge in [-0.05, 0) is 58.0 Å².